The number of amides is 1. The van der Waals surface area contributed by atoms with Crippen molar-refractivity contribution in [2.75, 3.05) is 13.1 Å². The molecule has 0 bridgehead atoms. The molecular formula is C19H19BrCl2N2OS. The molecule has 3 rings (SSSR count). The van der Waals surface area contributed by atoms with E-state index in [-0.39, 0.29) is 11.8 Å². The highest BCUT2D eigenvalue weighted by Gasteiger charge is 2.25. The van der Waals surface area contributed by atoms with Crippen molar-refractivity contribution in [2.45, 2.75) is 24.3 Å². The Hall–Kier alpha value is -0.720. The lowest BCUT2D eigenvalue weighted by atomic mass is 9.97. The van der Waals surface area contributed by atoms with Gasteiger partial charge in [-0.3, -0.25) is 4.79 Å². The van der Waals surface area contributed by atoms with Gasteiger partial charge in [-0.1, -0.05) is 51.3 Å². The van der Waals surface area contributed by atoms with Crippen LogP contribution >= 0.6 is 51.1 Å². The highest BCUT2D eigenvalue weighted by molar-refractivity contribution is 9.10. The van der Waals surface area contributed by atoms with Gasteiger partial charge in [-0.05, 0) is 60.7 Å². The van der Waals surface area contributed by atoms with Crippen LogP contribution in [0.3, 0.4) is 0 Å². The minimum atomic E-state index is 0.0743. The molecule has 0 spiro atoms. The highest BCUT2D eigenvalue weighted by Crippen LogP contribution is 2.32. The topological polar surface area (TPSA) is 32.3 Å². The van der Waals surface area contributed by atoms with E-state index in [2.05, 4.69) is 25.6 Å². The molecule has 138 valence electrons. The number of benzene rings is 2. The number of rotatable bonds is 5. The summed E-state index contributed by atoms with van der Waals surface area (Å²) in [4.78, 5) is 13.4. The van der Waals surface area contributed by atoms with Crippen molar-refractivity contribution >= 4 is 57.0 Å². The zero-order chi connectivity index (χ0) is 18.5. The SMILES string of the molecule is O=C(NCc1ccc(Br)cc1)C1CCN(Sc2cc(Cl)cc(Cl)c2)CC1. The molecule has 0 atom stereocenters. The van der Waals surface area contributed by atoms with Gasteiger partial charge >= 0.3 is 0 Å². The Morgan fingerprint density at radius 1 is 1.12 bits per heavy atom. The molecule has 3 nitrogen and oxygen atoms in total. The van der Waals surface area contributed by atoms with Crippen molar-refractivity contribution < 1.29 is 4.79 Å². The Bertz CT molecular complexity index is 744. The first kappa shape index (κ1) is 20.0. The van der Waals surface area contributed by atoms with E-state index in [0.717, 1.165) is 40.9 Å². The standard InChI is InChI=1S/C19H19BrCl2N2OS/c20-15-3-1-13(2-4-15)12-23-19(25)14-5-7-24(8-6-14)26-18-10-16(21)9-17(22)11-18/h1-4,9-11,14H,5-8,12H2,(H,23,25). The van der Waals surface area contributed by atoms with Gasteiger partial charge in [0.15, 0.2) is 0 Å². The van der Waals surface area contributed by atoms with Crippen molar-refractivity contribution in [3.05, 3.63) is 62.5 Å². The molecule has 1 fully saturated rings. The van der Waals surface area contributed by atoms with Crippen LogP contribution in [0.15, 0.2) is 51.8 Å². The second-order valence-electron chi connectivity index (χ2n) is 6.24. The zero-order valence-corrected chi connectivity index (χ0v) is 18.0. The molecule has 2 aromatic carbocycles. The monoisotopic (exact) mass is 472 g/mol. The largest absolute Gasteiger partial charge is 0.352 e. The van der Waals surface area contributed by atoms with E-state index in [9.17, 15) is 4.79 Å². The lowest BCUT2D eigenvalue weighted by Crippen LogP contribution is -2.37. The molecule has 0 radical (unpaired) electrons. The minimum Gasteiger partial charge on any atom is -0.352 e. The number of piperidine rings is 1. The fraction of sp³-hybridized carbons (Fsp3) is 0.316. The number of hydrogen-bond acceptors (Lipinski definition) is 3. The van der Waals surface area contributed by atoms with Crippen LogP contribution in [0.4, 0.5) is 0 Å². The molecule has 1 aliphatic rings. The number of halogens is 3. The number of nitrogens with zero attached hydrogens (tertiary/aromatic N) is 1. The predicted molar refractivity (Wildman–Crippen MR) is 113 cm³/mol. The molecular weight excluding hydrogens is 455 g/mol. The molecule has 1 saturated heterocycles. The zero-order valence-electron chi connectivity index (χ0n) is 14.1. The van der Waals surface area contributed by atoms with Gasteiger partial charge in [0.05, 0.1) is 0 Å². The van der Waals surface area contributed by atoms with Crippen LogP contribution in [-0.4, -0.2) is 23.3 Å². The molecule has 2 aromatic rings. The molecule has 1 N–H and O–H groups in total. The number of carbonyl (C=O) groups excluding carboxylic acids is 1. The van der Waals surface area contributed by atoms with Crippen molar-refractivity contribution in [2.24, 2.45) is 5.92 Å². The van der Waals surface area contributed by atoms with Gasteiger partial charge in [0.25, 0.3) is 0 Å². The van der Waals surface area contributed by atoms with E-state index in [1.165, 1.54) is 0 Å². The maximum absolute atomic E-state index is 12.4. The Kier molecular flexibility index (Phi) is 7.29. The highest BCUT2D eigenvalue weighted by atomic mass is 79.9. The molecule has 1 amide bonds. The van der Waals surface area contributed by atoms with Gasteiger partial charge in [-0.25, -0.2) is 4.31 Å². The third-order valence-corrected chi connectivity index (χ3v) is 6.31. The summed E-state index contributed by atoms with van der Waals surface area (Å²) in [5, 5.41) is 4.33. The summed E-state index contributed by atoms with van der Waals surface area (Å²) in [6, 6.07) is 13.6. The Balaban J connectivity index is 1.45. The summed E-state index contributed by atoms with van der Waals surface area (Å²) in [7, 11) is 0. The third-order valence-electron chi connectivity index (χ3n) is 4.28. The van der Waals surface area contributed by atoms with Crippen LogP contribution in [0.2, 0.25) is 10.0 Å². The smallest absolute Gasteiger partial charge is 0.223 e. The quantitative estimate of drug-likeness (QED) is 0.557. The molecule has 0 aromatic heterocycles. The van der Waals surface area contributed by atoms with Crippen LogP contribution in [0.1, 0.15) is 18.4 Å². The molecule has 0 saturated carbocycles. The second kappa shape index (κ2) is 9.47. The predicted octanol–water partition coefficient (Wildman–Crippen LogP) is 5.79. The van der Waals surface area contributed by atoms with E-state index in [0.29, 0.717) is 16.6 Å². The fourth-order valence-electron chi connectivity index (χ4n) is 2.88. The molecule has 1 heterocycles. The van der Waals surface area contributed by atoms with Crippen molar-refractivity contribution in [1.82, 2.24) is 9.62 Å². The Morgan fingerprint density at radius 3 is 2.35 bits per heavy atom. The lowest BCUT2D eigenvalue weighted by molar-refractivity contribution is -0.126. The van der Waals surface area contributed by atoms with E-state index in [4.69, 9.17) is 23.2 Å². The lowest BCUT2D eigenvalue weighted by Gasteiger charge is -2.30. The number of nitrogens with one attached hydrogen (secondary N) is 1. The first-order valence-electron chi connectivity index (χ1n) is 8.41. The van der Waals surface area contributed by atoms with Crippen LogP contribution in [0.5, 0.6) is 0 Å². The Labute approximate surface area is 176 Å². The van der Waals surface area contributed by atoms with Crippen LogP contribution in [-0.2, 0) is 11.3 Å². The molecule has 26 heavy (non-hydrogen) atoms. The summed E-state index contributed by atoms with van der Waals surface area (Å²) in [6.07, 6.45) is 1.71. The molecule has 1 aliphatic heterocycles. The van der Waals surface area contributed by atoms with E-state index >= 15 is 0 Å². The molecule has 7 heteroatoms. The molecule has 0 aliphatic carbocycles. The summed E-state index contributed by atoms with van der Waals surface area (Å²) >= 11 is 17.2. The van der Waals surface area contributed by atoms with Gasteiger partial charge in [0.1, 0.15) is 0 Å². The van der Waals surface area contributed by atoms with Crippen LogP contribution in [0, 0.1) is 5.92 Å². The summed E-state index contributed by atoms with van der Waals surface area (Å²) in [5.74, 6) is 0.216. The average Bonchev–Trinajstić information content (AvgIpc) is 2.61. The summed E-state index contributed by atoms with van der Waals surface area (Å²) in [5.41, 5.74) is 1.10. The van der Waals surface area contributed by atoms with E-state index in [1.54, 1.807) is 18.0 Å². The van der Waals surface area contributed by atoms with Crippen LogP contribution in [0.25, 0.3) is 0 Å². The van der Waals surface area contributed by atoms with Crippen molar-refractivity contribution in [3.8, 4) is 0 Å². The second-order valence-corrected chi connectivity index (χ2v) is 9.20. The van der Waals surface area contributed by atoms with E-state index < -0.39 is 0 Å². The van der Waals surface area contributed by atoms with Gasteiger partial charge in [0, 0.05) is 45.0 Å². The average molecular weight is 474 g/mol. The minimum absolute atomic E-state index is 0.0743. The number of carbonyl (C=O) groups is 1. The van der Waals surface area contributed by atoms with Crippen molar-refractivity contribution in [3.63, 3.8) is 0 Å². The normalized spacial score (nSPS) is 15.8. The third kappa shape index (κ3) is 5.89. The Morgan fingerprint density at radius 2 is 1.73 bits per heavy atom. The maximum atomic E-state index is 12.4. The van der Waals surface area contributed by atoms with Gasteiger partial charge in [0.2, 0.25) is 5.91 Å². The van der Waals surface area contributed by atoms with Gasteiger partial charge < -0.3 is 5.32 Å². The molecule has 0 unspecified atom stereocenters. The van der Waals surface area contributed by atoms with Gasteiger partial charge in [-0.2, -0.15) is 0 Å². The first-order valence-corrected chi connectivity index (χ1v) is 10.7. The van der Waals surface area contributed by atoms with E-state index in [1.807, 2.05) is 36.4 Å². The first-order chi connectivity index (χ1) is 12.5. The maximum Gasteiger partial charge on any atom is 0.223 e. The van der Waals surface area contributed by atoms with Gasteiger partial charge in [-0.15, -0.1) is 0 Å². The fourth-order valence-corrected chi connectivity index (χ4v) is 4.85. The summed E-state index contributed by atoms with van der Waals surface area (Å²) < 4.78 is 3.30. The number of hydrogen-bond donors (Lipinski definition) is 1. The van der Waals surface area contributed by atoms with Crippen LogP contribution < -0.4 is 5.32 Å². The van der Waals surface area contributed by atoms with Crippen molar-refractivity contribution in [1.29, 1.82) is 0 Å². The summed E-state index contributed by atoms with van der Waals surface area (Å²) in [6.45, 7) is 2.30.